The van der Waals surface area contributed by atoms with Crippen molar-refractivity contribution >= 4 is 38.7 Å². The summed E-state index contributed by atoms with van der Waals surface area (Å²) in [4.78, 5) is 28.6. The Morgan fingerprint density at radius 2 is 1.97 bits per heavy atom. The van der Waals surface area contributed by atoms with Gasteiger partial charge < -0.3 is 9.47 Å². The lowest BCUT2D eigenvalue weighted by molar-refractivity contribution is -0.384. The minimum absolute atomic E-state index is 0.00201. The first kappa shape index (κ1) is 26.0. The van der Waals surface area contributed by atoms with E-state index in [4.69, 9.17) is 14.5 Å². The van der Waals surface area contributed by atoms with Crippen molar-refractivity contribution in [3.05, 3.63) is 103 Å². The van der Waals surface area contributed by atoms with Gasteiger partial charge in [0.2, 0.25) is 0 Å². The molecule has 4 aromatic rings. The van der Waals surface area contributed by atoms with Crippen molar-refractivity contribution in [1.29, 1.82) is 0 Å². The van der Waals surface area contributed by atoms with E-state index in [1.54, 1.807) is 42.6 Å². The fourth-order valence-electron chi connectivity index (χ4n) is 3.71. The van der Waals surface area contributed by atoms with Crippen LogP contribution in [0.1, 0.15) is 43.1 Å². The van der Waals surface area contributed by atoms with Crippen molar-refractivity contribution in [3.8, 4) is 11.5 Å². The monoisotopic (exact) mass is 564 g/mol. The molecule has 1 heterocycles. The molecular formula is C27H25BrN4O5. The van der Waals surface area contributed by atoms with Crippen LogP contribution >= 0.6 is 15.9 Å². The Kier molecular flexibility index (Phi) is 7.98. The molecule has 37 heavy (non-hydrogen) atoms. The van der Waals surface area contributed by atoms with Crippen LogP contribution < -0.4 is 15.0 Å². The van der Waals surface area contributed by atoms with E-state index in [0.29, 0.717) is 39.4 Å². The van der Waals surface area contributed by atoms with Gasteiger partial charge in [0.05, 0.1) is 29.2 Å². The fourth-order valence-corrected chi connectivity index (χ4v) is 4.07. The average molecular weight is 565 g/mol. The summed E-state index contributed by atoms with van der Waals surface area (Å²) < 4.78 is 13.5. The van der Waals surface area contributed by atoms with Crippen molar-refractivity contribution in [2.24, 2.45) is 5.10 Å². The molecule has 9 nitrogen and oxygen atoms in total. The van der Waals surface area contributed by atoms with Gasteiger partial charge in [0.1, 0.15) is 12.4 Å². The minimum Gasteiger partial charge on any atom is -0.493 e. The van der Waals surface area contributed by atoms with Gasteiger partial charge in [-0.3, -0.25) is 14.9 Å². The normalized spacial score (nSPS) is 12.1. The number of nitro benzene ring substituents is 1. The van der Waals surface area contributed by atoms with Gasteiger partial charge >= 0.3 is 0 Å². The predicted molar refractivity (Wildman–Crippen MR) is 146 cm³/mol. The number of fused-ring (bicyclic) bond motifs is 1. The summed E-state index contributed by atoms with van der Waals surface area (Å²) in [6.07, 6.45) is 2.38. The largest absolute Gasteiger partial charge is 0.493 e. The molecule has 0 aliphatic carbocycles. The summed E-state index contributed by atoms with van der Waals surface area (Å²) in [6.45, 7) is 4.18. The number of halogens is 1. The van der Waals surface area contributed by atoms with Gasteiger partial charge in [0.25, 0.3) is 11.2 Å². The van der Waals surface area contributed by atoms with Crippen LogP contribution in [0.25, 0.3) is 10.9 Å². The number of non-ortho nitro benzene ring substituents is 1. The summed E-state index contributed by atoms with van der Waals surface area (Å²) in [5.41, 5.74) is 1.73. The van der Waals surface area contributed by atoms with E-state index < -0.39 is 4.92 Å². The minimum atomic E-state index is -0.444. The molecule has 0 unspecified atom stereocenters. The zero-order chi connectivity index (χ0) is 26.5. The zero-order valence-corrected chi connectivity index (χ0v) is 22.1. The molecule has 10 heteroatoms. The maximum absolute atomic E-state index is 13.3. The molecule has 0 fully saturated rings. The number of ether oxygens (including phenoxy) is 2. The highest BCUT2D eigenvalue weighted by molar-refractivity contribution is 9.10. The highest BCUT2D eigenvalue weighted by Crippen LogP contribution is 2.29. The van der Waals surface area contributed by atoms with Crippen LogP contribution in [0.3, 0.4) is 0 Å². The Morgan fingerprint density at radius 1 is 1.16 bits per heavy atom. The van der Waals surface area contributed by atoms with E-state index in [9.17, 15) is 14.9 Å². The number of nitrogens with zero attached hydrogens (tertiary/aromatic N) is 4. The first-order valence-corrected chi connectivity index (χ1v) is 12.4. The quantitative estimate of drug-likeness (QED) is 0.139. The molecule has 0 bridgehead atoms. The number of methoxy groups -OCH3 is 1. The van der Waals surface area contributed by atoms with Crippen molar-refractivity contribution < 1.29 is 14.4 Å². The van der Waals surface area contributed by atoms with E-state index >= 15 is 0 Å². The summed E-state index contributed by atoms with van der Waals surface area (Å²) in [7, 11) is 1.52. The molecule has 0 saturated carbocycles. The highest BCUT2D eigenvalue weighted by atomic mass is 79.9. The Hall–Kier alpha value is -4.05. The maximum Gasteiger partial charge on any atom is 0.282 e. The van der Waals surface area contributed by atoms with Crippen molar-refractivity contribution in [3.63, 3.8) is 0 Å². The molecule has 0 amide bonds. The number of aromatic nitrogens is 2. The zero-order valence-electron chi connectivity index (χ0n) is 20.6. The maximum atomic E-state index is 13.3. The number of rotatable bonds is 9. The Balaban J connectivity index is 1.63. The van der Waals surface area contributed by atoms with E-state index in [1.165, 1.54) is 23.9 Å². The second kappa shape index (κ2) is 11.3. The Labute approximate surface area is 221 Å². The van der Waals surface area contributed by atoms with Crippen LogP contribution in [0.15, 0.2) is 75.0 Å². The standard InChI is InChI=1S/C27H25BrN4O5/c1-4-17(2)26-30-23-10-9-20(28)14-22(23)27(33)31(26)29-15-18-8-11-24(25(13-18)36-3)37-16-19-6-5-7-21(12-19)32(34)35/h5-15,17H,4,16H2,1-3H3/t17-/m0/s1. The molecule has 0 radical (unpaired) electrons. The van der Waals surface area contributed by atoms with Gasteiger partial charge in [-0.1, -0.05) is 41.9 Å². The van der Waals surface area contributed by atoms with Crippen molar-refractivity contribution in [2.75, 3.05) is 7.11 Å². The summed E-state index contributed by atoms with van der Waals surface area (Å²) in [5.74, 6) is 1.55. The number of hydrogen-bond acceptors (Lipinski definition) is 7. The van der Waals surface area contributed by atoms with Crippen LogP contribution in [-0.2, 0) is 6.61 Å². The number of benzene rings is 3. The average Bonchev–Trinajstić information content (AvgIpc) is 2.91. The first-order valence-electron chi connectivity index (χ1n) is 11.6. The van der Waals surface area contributed by atoms with Gasteiger partial charge in [0.15, 0.2) is 11.5 Å². The summed E-state index contributed by atoms with van der Waals surface area (Å²) in [6, 6.07) is 16.9. The Bertz CT molecular complexity index is 1550. The third-order valence-electron chi connectivity index (χ3n) is 5.91. The van der Waals surface area contributed by atoms with E-state index in [1.807, 2.05) is 26.0 Å². The third-order valence-corrected chi connectivity index (χ3v) is 6.41. The molecule has 0 aliphatic rings. The van der Waals surface area contributed by atoms with Crippen molar-refractivity contribution in [2.45, 2.75) is 32.8 Å². The topological polar surface area (TPSA) is 109 Å². The molecule has 0 saturated heterocycles. The van der Waals surface area contributed by atoms with Crippen molar-refractivity contribution in [1.82, 2.24) is 9.66 Å². The van der Waals surface area contributed by atoms with E-state index in [0.717, 1.165) is 10.9 Å². The van der Waals surface area contributed by atoms with Gasteiger partial charge in [-0.05, 0) is 53.9 Å². The highest BCUT2D eigenvalue weighted by Gasteiger charge is 2.16. The molecule has 1 atom stereocenters. The first-order chi connectivity index (χ1) is 17.8. The summed E-state index contributed by atoms with van der Waals surface area (Å²) >= 11 is 3.42. The molecule has 3 aromatic carbocycles. The van der Waals surface area contributed by atoms with Crippen LogP contribution in [0.4, 0.5) is 5.69 Å². The summed E-state index contributed by atoms with van der Waals surface area (Å²) in [5, 5.41) is 16.0. The smallest absolute Gasteiger partial charge is 0.282 e. The SMILES string of the molecule is CC[C@H](C)c1nc2ccc(Br)cc2c(=O)n1N=Cc1ccc(OCc2cccc([N+](=O)[O-])c2)c(OC)c1. The molecule has 1 aromatic heterocycles. The van der Waals surface area contributed by atoms with Crippen LogP contribution in [-0.4, -0.2) is 27.9 Å². The lowest BCUT2D eigenvalue weighted by atomic mass is 10.1. The lowest BCUT2D eigenvalue weighted by Gasteiger charge is -2.14. The molecule has 190 valence electrons. The van der Waals surface area contributed by atoms with Gasteiger partial charge in [-0.25, -0.2) is 4.98 Å². The second-order valence-corrected chi connectivity index (χ2v) is 9.34. The second-order valence-electron chi connectivity index (χ2n) is 8.43. The molecular weight excluding hydrogens is 540 g/mol. The fraction of sp³-hybridized carbons (Fsp3) is 0.222. The lowest BCUT2D eigenvalue weighted by Crippen LogP contribution is -2.23. The molecule has 0 spiro atoms. The number of hydrogen-bond donors (Lipinski definition) is 0. The van der Waals surface area contributed by atoms with E-state index in [-0.39, 0.29) is 23.8 Å². The Morgan fingerprint density at radius 3 is 2.70 bits per heavy atom. The predicted octanol–water partition coefficient (Wildman–Crippen LogP) is 6.05. The third kappa shape index (κ3) is 5.86. The van der Waals surface area contributed by atoms with Gasteiger partial charge in [0, 0.05) is 22.5 Å². The van der Waals surface area contributed by atoms with E-state index in [2.05, 4.69) is 21.0 Å². The molecule has 0 aliphatic heterocycles. The molecule has 4 rings (SSSR count). The van der Waals surface area contributed by atoms with Crippen LogP contribution in [0, 0.1) is 10.1 Å². The number of nitro groups is 1. The van der Waals surface area contributed by atoms with Crippen LogP contribution in [0.5, 0.6) is 11.5 Å². The van der Waals surface area contributed by atoms with Gasteiger partial charge in [-0.15, -0.1) is 0 Å². The van der Waals surface area contributed by atoms with Crippen LogP contribution in [0.2, 0.25) is 0 Å². The van der Waals surface area contributed by atoms with Gasteiger partial charge in [-0.2, -0.15) is 9.78 Å². The molecule has 0 N–H and O–H groups in total.